The van der Waals surface area contributed by atoms with Crippen molar-refractivity contribution in [2.45, 2.75) is 19.9 Å². The lowest BCUT2D eigenvalue weighted by molar-refractivity contribution is 0.0955. The predicted molar refractivity (Wildman–Crippen MR) is 87.2 cm³/mol. The van der Waals surface area contributed by atoms with E-state index in [9.17, 15) is 4.79 Å². The summed E-state index contributed by atoms with van der Waals surface area (Å²) in [6, 6.07) is 11.4. The zero-order chi connectivity index (χ0) is 14.5. The van der Waals surface area contributed by atoms with Gasteiger partial charge in [-0.2, -0.15) is 0 Å². The number of carbonyl (C=O) groups is 1. The van der Waals surface area contributed by atoms with Gasteiger partial charge < -0.3 is 11.1 Å². The highest BCUT2D eigenvalue weighted by molar-refractivity contribution is 7.80. The summed E-state index contributed by atoms with van der Waals surface area (Å²) in [6.45, 7) is 2.55. The van der Waals surface area contributed by atoms with E-state index in [4.69, 9.17) is 18.0 Å². The molecular formula is C15H16N2OS2. The minimum absolute atomic E-state index is 0.0459. The van der Waals surface area contributed by atoms with Crippen LogP contribution >= 0.6 is 23.6 Å². The summed E-state index contributed by atoms with van der Waals surface area (Å²) in [5.74, 6) is -0.0459. The van der Waals surface area contributed by atoms with E-state index in [0.717, 1.165) is 22.4 Å². The van der Waals surface area contributed by atoms with Gasteiger partial charge in [-0.25, -0.2) is 0 Å². The molecule has 1 heterocycles. The smallest absolute Gasteiger partial charge is 0.261 e. The summed E-state index contributed by atoms with van der Waals surface area (Å²) in [5, 5.41) is 2.91. The van der Waals surface area contributed by atoms with Crippen LogP contribution in [-0.2, 0) is 13.0 Å². The van der Waals surface area contributed by atoms with Gasteiger partial charge in [0.25, 0.3) is 5.91 Å². The van der Waals surface area contributed by atoms with Crippen LogP contribution in [0.1, 0.15) is 32.6 Å². The van der Waals surface area contributed by atoms with Crippen LogP contribution < -0.4 is 11.1 Å². The fraction of sp³-hybridized carbons (Fsp3) is 0.200. The molecule has 0 aliphatic heterocycles. The summed E-state index contributed by atoms with van der Waals surface area (Å²) in [7, 11) is 0. The van der Waals surface area contributed by atoms with Crippen LogP contribution in [0.2, 0.25) is 0 Å². The minimum Gasteiger partial charge on any atom is -0.389 e. The molecule has 104 valence electrons. The van der Waals surface area contributed by atoms with Crippen molar-refractivity contribution in [2.24, 2.45) is 5.73 Å². The van der Waals surface area contributed by atoms with E-state index < -0.39 is 0 Å². The van der Waals surface area contributed by atoms with Gasteiger partial charge in [-0.3, -0.25) is 4.79 Å². The van der Waals surface area contributed by atoms with E-state index in [2.05, 4.69) is 12.2 Å². The number of benzene rings is 1. The molecule has 0 aliphatic carbocycles. The van der Waals surface area contributed by atoms with Crippen LogP contribution in [0, 0.1) is 0 Å². The third kappa shape index (κ3) is 3.65. The molecule has 0 bridgehead atoms. The molecular weight excluding hydrogens is 288 g/mol. The van der Waals surface area contributed by atoms with E-state index in [1.165, 1.54) is 16.2 Å². The van der Waals surface area contributed by atoms with E-state index in [-0.39, 0.29) is 5.91 Å². The predicted octanol–water partition coefficient (Wildman–Crippen LogP) is 2.87. The quantitative estimate of drug-likeness (QED) is 0.835. The topological polar surface area (TPSA) is 55.1 Å². The van der Waals surface area contributed by atoms with Crippen molar-refractivity contribution in [3.8, 4) is 0 Å². The van der Waals surface area contributed by atoms with Crippen molar-refractivity contribution < 1.29 is 4.79 Å². The Hall–Kier alpha value is -1.72. The second-order valence-corrected chi connectivity index (χ2v) is 5.97. The van der Waals surface area contributed by atoms with Gasteiger partial charge in [-0.05, 0) is 30.2 Å². The molecule has 3 N–H and O–H groups in total. The Morgan fingerprint density at radius 3 is 2.80 bits per heavy atom. The van der Waals surface area contributed by atoms with E-state index >= 15 is 0 Å². The van der Waals surface area contributed by atoms with Gasteiger partial charge in [0.05, 0.1) is 4.88 Å². The number of aryl methyl sites for hydroxylation is 1. The van der Waals surface area contributed by atoms with Crippen LogP contribution in [0.5, 0.6) is 0 Å². The lowest BCUT2D eigenvalue weighted by atomic mass is 10.1. The van der Waals surface area contributed by atoms with Gasteiger partial charge in [0.1, 0.15) is 4.99 Å². The first-order valence-electron chi connectivity index (χ1n) is 6.35. The molecule has 0 saturated carbocycles. The van der Waals surface area contributed by atoms with Crippen molar-refractivity contribution in [1.29, 1.82) is 0 Å². The molecule has 20 heavy (non-hydrogen) atoms. The van der Waals surface area contributed by atoms with Crippen LogP contribution in [-0.4, -0.2) is 10.9 Å². The van der Waals surface area contributed by atoms with Crippen molar-refractivity contribution in [3.63, 3.8) is 0 Å². The third-order valence-corrected chi connectivity index (χ3v) is 4.36. The summed E-state index contributed by atoms with van der Waals surface area (Å²) >= 11 is 6.47. The molecule has 0 radical (unpaired) electrons. The zero-order valence-electron chi connectivity index (χ0n) is 11.2. The fourth-order valence-electron chi connectivity index (χ4n) is 1.79. The normalized spacial score (nSPS) is 10.2. The largest absolute Gasteiger partial charge is 0.389 e. The highest BCUT2D eigenvalue weighted by atomic mass is 32.1. The molecule has 0 saturated heterocycles. The van der Waals surface area contributed by atoms with E-state index in [1.807, 2.05) is 36.4 Å². The summed E-state index contributed by atoms with van der Waals surface area (Å²) < 4.78 is 0. The van der Waals surface area contributed by atoms with Crippen molar-refractivity contribution in [1.82, 2.24) is 5.32 Å². The number of carbonyl (C=O) groups excluding carboxylic acids is 1. The molecule has 0 atom stereocenters. The molecule has 1 aromatic heterocycles. The maximum Gasteiger partial charge on any atom is 0.261 e. The summed E-state index contributed by atoms with van der Waals surface area (Å²) in [5.41, 5.74) is 7.39. The fourth-order valence-corrected chi connectivity index (χ4v) is 2.78. The van der Waals surface area contributed by atoms with Gasteiger partial charge in [0, 0.05) is 17.0 Å². The number of nitrogens with two attached hydrogens (primary N) is 1. The van der Waals surface area contributed by atoms with Crippen LogP contribution in [0.15, 0.2) is 36.4 Å². The zero-order valence-corrected chi connectivity index (χ0v) is 12.8. The van der Waals surface area contributed by atoms with Crippen LogP contribution in [0.4, 0.5) is 0 Å². The lowest BCUT2D eigenvalue weighted by Crippen LogP contribution is -2.22. The van der Waals surface area contributed by atoms with Crippen molar-refractivity contribution in [2.75, 3.05) is 0 Å². The standard InChI is InChI=1S/C15H16N2OS2/c1-2-12-6-7-13(20-12)15(18)17-9-10-4-3-5-11(8-10)14(16)19/h3-8H,2,9H2,1H3,(H2,16,19)(H,17,18). The Kier molecular flexibility index (Phi) is 4.87. The molecule has 0 unspecified atom stereocenters. The Labute approximate surface area is 127 Å². The first kappa shape index (κ1) is 14.7. The molecule has 2 aromatic rings. The average molecular weight is 304 g/mol. The highest BCUT2D eigenvalue weighted by Crippen LogP contribution is 2.16. The maximum atomic E-state index is 12.0. The second kappa shape index (κ2) is 6.63. The minimum atomic E-state index is -0.0459. The molecule has 2 rings (SSSR count). The van der Waals surface area contributed by atoms with Crippen LogP contribution in [0.25, 0.3) is 0 Å². The second-order valence-electron chi connectivity index (χ2n) is 4.37. The Morgan fingerprint density at radius 2 is 2.15 bits per heavy atom. The number of thiocarbonyl (C=S) groups is 1. The van der Waals surface area contributed by atoms with E-state index in [0.29, 0.717) is 11.5 Å². The Morgan fingerprint density at radius 1 is 1.35 bits per heavy atom. The molecule has 0 spiro atoms. The molecule has 0 fully saturated rings. The number of hydrogen-bond donors (Lipinski definition) is 2. The average Bonchev–Trinajstić information content (AvgIpc) is 2.94. The Balaban J connectivity index is 1.99. The number of rotatable bonds is 5. The molecule has 3 nitrogen and oxygen atoms in total. The first-order chi connectivity index (χ1) is 9.60. The molecule has 1 amide bonds. The molecule has 5 heteroatoms. The number of thiophene rings is 1. The molecule has 1 aromatic carbocycles. The van der Waals surface area contributed by atoms with Gasteiger partial charge in [0.15, 0.2) is 0 Å². The van der Waals surface area contributed by atoms with Gasteiger partial charge in [0.2, 0.25) is 0 Å². The Bertz CT molecular complexity index is 634. The highest BCUT2D eigenvalue weighted by Gasteiger charge is 2.08. The van der Waals surface area contributed by atoms with Crippen molar-refractivity contribution >= 4 is 34.5 Å². The number of amides is 1. The van der Waals surface area contributed by atoms with Crippen LogP contribution in [0.3, 0.4) is 0 Å². The maximum absolute atomic E-state index is 12.0. The SMILES string of the molecule is CCc1ccc(C(=O)NCc2cccc(C(N)=S)c2)s1. The lowest BCUT2D eigenvalue weighted by Gasteiger charge is -2.05. The first-order valence-corrected chi connectivity index (χ1v) is 7.58. The van der Waals surface area contributed by atoms with Crippen molar-refractivity contribution in [3.05, 3.63) is 57.3 Å². The monoisotopic (exact) mass is 304 g/mol. The van der Waals surface area contributed by atoms with Gasteiger partial charge >= 0.3 is 0 Å². The summed E-state index contributed by atoms with van der Waals surface area (Å²) in [4.78, 5) is 14.3. The van der Waals surface area contributed by atoms with E-state index in [1.54, 1.807) is 0 Å². The number of hydrogen-bond acceptors (Lipinski definition) is 3. The van der Waals surface area contributed by atoms with Gasteiger partial charge in [-0.15, -0.1) is 11.3 Å². The van der Waals surface area contributed by atoms with Gasteiger partial charge in [-0.1, -0.05) is 37.3 Å². The molecule has 0 aliphatic rings. The summed E-state index contributed by atoms with van der Waals surface area (Å²) in [6.07, 6.45) is 0.952. The number of nitrogens with one attached hydrogen (secondary N) is 1. The third-order valence-electron chi connectivity index (χ3n) is 2.90.